The van der Waals surface area contributed by atoms with Crippen LogP contribution in [0.3, 0.4) is 0 Å². The van der Waals surface area contributed by atoms with Crippen LogP contribution in [0.5, 0.6) is 0 Å². The van der Waals surface area contributed by atoms with Crippen molar-refractivity contribution >= 4 is 27.3 Å². The second-order valence-corrected chi connectivity index (χ2v) is 7.35. The molecule has 4 nitrogen and oxygen atoms in total. The van der Waals surface area contributed by atoms with E-state index in [2.05, 4.69) is 16.6 Å². The van der Waals surface area contributed by atoms with Crippen LogP contribution in [0.15, 0.2) is 18.2 Å². The quantitative estimate of drug-likeness (QED) is 0.789. The molecule has 0 saturated carbocycles. The SMILES string of the molecule is CC(C)CCS(=O)(=O)Nc1cc(Cl)ccc1C#CCCO. The zero-order chi connectivity index (χ0) is 15.9. The van der Waals surface area contributed by atoms with E-state index in [0.717, 1.165) is 0 Å². The summed E-state index contributed by atoms with van der Waals surface area (Å²) in [6, 6.07) is 4.85. The average Bonchev–Trinajstić information content (AvgIpc) is 2.39. The molecule has 0 radical (unpaired) electrons. The first-order valence-electron chi connectivity index (χ1n) is 6.74. The van der Waals surface area contributed by atoms with Gasteiger partial charge in [-0.05, 0) is 30.5 Å². The second-order valence-electron chi connectivity index (χ2n) is 5.07. The molecule has 2 N–H and O–H groups in total. The Morgan fingerprint density at radius 1 is 1.38 bits per heavy atom. The molecule has 0 aliphatic carbocycles. The molecule has 0 aliphatic rings. The van der Waals surface area contributed by atoms with Crippen LogP contribution >= 0.6 is 11.6 Å². The minimum Gasteiger partial charge on any atom is -0.395 e. The molecule has 0 saturated heterocycles. The van der Waals surface area contributed by atoms with Crippen LogP contribution in [0, 0.1) is 17.8 Å². The van der Waals surface area contributed by atoms with E-state index in [1.54, 1.807) is 12.1 Å². The third kappa shape index (κ3) is 6.85. The maximum Gasteiger partial charge on any atom is 0.232 e. The van der Waals surface area contributed by atoms with Crippen molar-refractivity contribution in [3.63, 3.8) is 0 Å². The molecule has 1 aromatic rings. The van der Waals surface area contributed by atoms with Crippen LogP contribution in [-0.2, 0) is 10.0 Å². The predicted octanol–water partition coefficient (Wildman–Crippen LogP) is 2.86. The third-order valence-corrected chi connectivity index (χ3v) is 4.21. The summed E-state index contributed by atoms with van der Waals surface area (Å²) in [5, 5.41) is 9.17. The molecule has 116 valence electrons. The fraction of sp³-hybridized carbons (Fsp3) is 0.467. The Morgan fingerprint density at radius 3 is 2.71 bits per heavy atom. The average molecular weight is 330 g/mol. The maximum atomic E-state index is 12.1. The Balaban J connectivity index is 2.96. The molecule has 0 fully saturated rings. The van der Waals surface area contributed by atoms with E-state index < -0.39 is 10.0 Å². The van der Waals surface area contributed by atoms with E-state index >= 15 is 0 Å². The van der Waals surface area contributed by atoms with Crippen LogP contribution in [0.4, 0.5) is 5.69 Å². The van der Waals surface area contributed by atoms with E-state index in [1.165, 1.54) is 6.07 Å². The maximum absolute atomic E-state index is 12.1. The molecule has 1 rings (SSSR count). The predicted molar refractivity (Wildman–Crippen MR) is 86.9 cm³/mol. The number of aliphatic hydroxyl groups excluding tert-OH is 1. The van der Waals surface area contributed by atoms with Crippen molar-refractivity contribution in [3.8, 4) is 11.8 Å². The molecule has 0 aromatic heterocycles. The highest BCUT2D eigenvalue weighted by molar-refractivity contribution is 7.92. The number of nitrogens with one attached hydrogen (secondary N) is 1. The summed E-state index contributed by atoms with van der Waals surface area (Å²) < 4.78 is 26.6. The molecule has 0 atom stereocenters. The topological polar surface area (TPSA) is 66.4 Å². The lowest BCUT2D eigenvalue weighted by Gasteiger charge is -2.11. The lowest BCUT2D eigenvalue weighted by Crippen LogP contribution is -2.18. The standard InChI is InChI=1S/C15H20ClNO3S/c1-12(2)8-10-21(19,20)17-15-11-14(16)7-6-13(15)5-3-4-9-18/h6-7,11-12,17-18H,4,8-10H2,1-2H3. The first kappa shape index (κ1) is 17.8. The van der Waals surface area contributed by atoms with E-state index in [-0.39, 0.29) is 12.4 Å². The minimum absolute atomic E-state index is 0.0317. The van der Waals surface area contributed by atoms with Gasteiger partial charge in [-0.15, -0.1) is 0 Å². The van der Waals surface area contributed by atoms with Crippen LogP contribution in [0.2, 0.25) is 5.02 Å². The van der Waals surface area contributed by atoms with Gasteiger partial charge in [-0.1, -0.05) is 37.3 Å². The van der Waals surface area contributed by atoms with Crippen LogP contribution in [0.25, 0.3) is 0 Å². The van der Waals surface area contributed by atoms with Gasteiger partial charge in [0.1, 0.15) is 0 Å². The van der Waals surface area contributed by atoms with Crippen LogP contribution < -0.4 is 4.72 Å². The molecule has 0 bridgehead atoms. The van der Waals surface area contributed by atoms with E-state index in [0.29, 0.717) is 35.0 Å². The van der Waals surface area contributed by atoms with Gasteiger partial charge in [0.15, 0.2) is 0 Å². The molecule has 1 aromatic carbocycles. The Labute approximate surface area is 131 Å². The molecule has 0 spiro atoms. The zero-order valence-corrected chi connectivity index (χ0v) is 13.8. The van der Waals surface area contributed by atoms with Gasteiger partial charge in [-0.3, -0.25) is 4.72 Å². The first-order chi connectivity index (χ1) is 9.84. The summed E-state index contributed by atoms with van der Waals surface area (Å²) in [5.41, 5.74) is 0.915. The van der Waals surface area contributed by atoms with E-state index in [4.69, 9.17) is 16.7 Å². The van der Waals surface area contributed by atoms with Crippen molar-refractivity contribution in [1.29, 1.82) is 0 Å². The lowest BCUT2D eigenvalue weighted by atomic mass is 10.2. The number of benzene rings is 1. The van der Waals surface area contributed by atoms with Gasteiger partial charge in [-0.25, -0.2) is 8.42 Å². The van der Waals surface area contributed by atoms with Gasteiger partial charge >= 0.3 is 0 Å². The lowest BCUT2D eigenvalue weighted by molar-refractivity contribution is 0.305. The number of rotatable bonds is 6. The fourth-order valence-electron chi connectivity index (χ4n) is 1.53. The Morgan fingerprint density at radius 2 is 2.10 bits per heavy atom. The molecule has 0 unspecified atom stereocenters. The molecule has 0 aliphatic heterocycles. The van der Waals surface area contributed by atoms with Gasteiger partial charge < -0.3 is 5.11 Å². The highest BCUT2D eigenvalue weighted by Crippen LogP contribution is 2.22. The number of sulfonamides is 1. The van der Waals surface area contributed by atoms with Crippen molar-refractivity contribution < 1.29 is 13.5 Å². The summed E-state index contributed by atoms with van der Waals surface area (Å²) in [6.07, 6.45) is 0.920. The summed E-state index contributed by atoms with van der Waals surface area (Å²) in [5.74, 6) is 5.97. The Hall–Kier alpha value is -1.22. The van der Waals surface area contributed by atoms with Crippen molar-refractivity contribution in [1.82, 2.24) is 0 Å². The molecular weight excluding hydrogens is 310 g/mol. The van der Waals surface area contributed by atoms with Crippen LogP contribution in [0.1, 0.15) is 32.3 Å². The Bertz CT molecular complexity index is 630. The zero-order valence-electron chi connectivity index (χ0n) is 12.2. The molecule has 6 heteroatoms. The largest absolute Gasteiger partial charge is 0.395 e. The minimum atomic E-state index is -3.43. The third-order valence-electron chi connectivity index (χ3n) is 2.67. The smallest absolute Gasteiger partial charge is 0.232 e. The van der Waals surface area contributed by atoms with Crippen molar-refractivity contribution in [2.75, 3.05) is 17.1 Å². The van der Waals surface area contributed by atoms with E-state index in [9.17, 15) is 8.42 Å². The summed E-state index contributed by atoms with van der Waals surface area (Å²) in [6.45, 7) is 3.91. The molecule has 0 heterocycles. The van der Waals surface area contributed by atoms with Crippen molar-refractivity contribution in [2.24, 2.45) is 5.92 Å². The highest BCUT2D eigenvalue weighted by atomic mass is 35.5. The summed E-state index contributed by atoms with van der Waals surface area (Å²) in [7, 11) is -3.43. The van der Waals surface area contributed by atoms with Gasteiger partial charge in [-0.2, -0.15) is 0 Å². The van der Waals surface area contributed by atoms with Crippen molar-refractivity contribution in [3.05, 3.63) is 28.8 Å². The van der Waals surface area contributed by atoms with Crippen molar-refractivity contribution in [2.45, 2.75) is 26.7 Å². The van der Waals surface area contributed by atoms with Gasteiger partial charge in [0, 0.05) is 17.0 Å². The Kier molecular flexibility index (Phi) is 7.03. The number of halogens is 1. The molecular formula is C15H20ClNO3S. The number of aliphatic hydroxyl groups is 1. The second kappa shape index (κ2) is 8.28. The monoisotopic (exact) mass is 329 g/mol. The number of hydrogen-bond donors (Lipinski definition) is 2. The normalized spacial score (nSPS) is 11.1. The number of anilines is 1. The highest BCUT2D eigenvalue weighted by Gasteiger charge is 2.13. The molecule has 0 amide bonds. The van der Waals surface area contributed by atoms with Gasteiger partial charge in [0.25, 0.3) is 0 Å². The fourth-order valence-corrected chi connectivity index (χ4v) is 3.09. The van der Waals surface area contributed by atoms with E-state index in [1.807, 2.05) is 13.8 Å². The first-order valence-corrected chi connectivity index (χ1v) is 8.77. The molecule has 21 heavy (non-hydrogen) atoms. The van der Waals surface area contributed by atoms with Gasteiger partial charge in [0.05, 0.1) is 18.0 Å². The summed E-state index contributed by atoms with van der Waals surface area (Å²) >= 11 is 5.91. The van der Waals surface area contributed by atoms with Gasteiger partial charge in [0.2, 0.25) is 10.0 Å². The summed E-state index contributed by atoms with van der Waals surface area (Å²) in [4.78, 5) is 0. The van der Waals surface area contributed by atoms with Crippen LogP contribution in [-0.4, -0.2) is 25.9 Å². The number of hydrogen-bond acceptors (Lipinski definition) is 3.